The van der Waals surface area contributed by atoms with Gasteiger partial charge in [-0.15, -0.1) is 0 Å². The Morgan fingerprint density at radius 3 is 3.00 bits per heavy atom. The number of nitrogens with zero attached hydrogens (tertiary/aromatic N) is 2. The van der Waals surface area contributed by atoms with Crippen LogP contribution in [0.4, 0.5) is 5.69 Å². The van der Waals surface area contributed by atoms with Gasteiger partial charge in [-0.3, -0.25) is 4.68 Å². The topological polar surface area (TPSA) is 60.3 Å². The van der Waals surface area contributed by atoms with Crippen molar-refractivity contribution in [2.24, 2.45) is 0 Å². The molecule has 1 aliphatic heterocycles. The molecule has 0 saturated heterocycles. The Hall–Kier alpha value is -1.99. The van der Waals surface area contributed by atoms with Crippen LogP contribution in [0.5, 0.6) is 11.5 Å². The molecule has 2 N–H and O–H groups in total. The van der Waals surface area contributed by atoms with Crippen LogP contribution in [0.25, 0.3) is 0 Å². The second kappa shape index (κ2) is 7.06. The molecule has 6 nitrogen and oxygen atoms in total. The van der Waals surface area contributed by atoms with E-state index in [0.29, 0.717) is 10.1 Å². The van der Waals surface area contributed by atoms with Crippen LogP contribution < -0.4 is 20.1 Å². The van der Waals surface area contributed by atoms with E-state index in [1.807, 2.05) is 36.0 Å². The molecule has 1 aliphatic rings. The minimum Gasteiger partial charge on any atom is -0.454 e. The number of halogens is 1. The zero-order valence-electron chi connectivity index (χ0n) is 12.6. The summed E-state index contributed by atoms with van der Waals surface area (Å²) in [6.07, 6.45) is 2.72. The molecule has 122 valence electrons. The first-order chi connectivity index (χ1) is 11.1. The number of aromatic nitrogens is 2. The van der Waals surface area contributed by atoms with Gasteiger partial charge in [0.25, 0.3) is 0 Å². The molecule has 0 spiro atoms. The van der Waals surface area contributed by atoms with Gasteiger partial charge in [-0.25, -0.2) is 0 Å². The largest absolute Gasteiger partial charge is 0.454 e. The number of anilines is 1. The van der Waals surface area contributed by atoms with Crippen LogP contribution in [0.2, 0.25) is 5.02 Å². The van der Waals surface area contributed by atoms with Crippen molar-refractivity contribution < 1.29 is 9.47 Å². The molecule has 0 radical (unpaired) electrons. The van der Waals surface area contributed by atoms with Gasteiger partial charge >= 0.3 is 0 Å². The molecule has 0 atom stereocenters. The number of hydrogen-bond acceptors (Lipinski definition) is 4. The van der Waals surface area contributed by atoms with Gasteiger partial charge in [0.2, 0.25) is 6.79 Å². The number of thiocarbonyl (C=S) groups is 1. The van der Waals surface area contributed by atoms with E-state index in [4.69, 9.17) is 33.3 Å². The predicted molar refractivity (Wildman–Crippen MR) is 93.4 cm³/mol. The van der Waals surface area contributed by atoms with Gasteiger partial charge in [0.05, 0.1) is 10.7 Å². The smallest absolute Gasteiger partial charge is 0.231 e. The number of benzene rings is 1. The summed E-state index contributed by atoms with van der Waals surface area (Å²) in [7, 11) is 0. The summed E-state index contributed by atoms with van der Waals surface area (Å²) in [5.74, 6) is 1.48. The lowest BCUT2D eigenvalue weighted by Crippen LogP contribution is -2.29. The number of fused-ring (bicyclic) bond motifs is 1. The summed E-state index contributed by atoms with van der Waals surface area (Å²) in [5, 5.41) is 11.9. The lowest BCUT2D eigenvalue weighted by atomic mass is 10.3. The number of hydrogen-bond donors (Lipinski definition) is 2. The molecule has 0 amide bonds. The number of nitrogens with one attached hydrogen (secondary N) is 2. The van der Waals surface area contributed by atoms with Crippen LogP contribution in [0.3, 0.4) is 0 Å². The van der Waals surface area contributed by atoms with Crippen molar-refractivity contribution in [1.82, 2.24) is 15.1 Å². The molecule has 0 unspecified atom stereocenters. The van der Waals surface area contributed by atoms with E-state index >= 15 is 0 Å². The average Bonchev–Trinajstić information content (AvgIpc) is 3.10. The van der Waals surface area contributed by atoms with E-state index in [9.17, 15) is 0 Å². The van der Waals surface area contributed by atoms with Crippen molar-refractivity contribution in [3.05, 3.63) is 35.1 Å². The maximum atomic E-state index is 5.97. The quantitative estimate of drug-likeness (QED) is 0.637. The molecule has 1 aromatic heterocycles. The monoisotopic (exact) mass is 352 g/mol. The lowest BCUT2D eigenvalue weighted by Gasteiger charge is -2.11. The van der Waals surface area contributed by atoms with E-state index in [1.165, 1.54) is 0 Å². The summed E-state index contributed by atoms with van der Waals surface area (Å²) >= 11 is 11.3. The predicted octanol–water partition coefficient (Wildman–Crippen LogP) is 2.95. The Morgan fingerprint density at radius 2 is 2.22 bits per heavy atom. The molecule has 1 aromatic carbocycles. The number of rotatable bonds is 5. The van der Waals surface area contributed by atoms with Crippen molar-refractivity contribution in [2.45, 2.75) is 19.9 Å². The molecule has 2 heterocycles. The lowest BCUT2D eigenvalue weighted by molar-refractivity contribution is 0.174. The van der Waals surface area contributed by atoms with Crippen LogP contribution in [0.1, 0.15) is 12.1 Å². The third kappa shape index (κ3) is 4.05. The van der Waals surface area contributed by atoms with E-state index in [0.717, 1.165) is 42.4 Å². The highest BCUT2D eigenvalue weighted by molar-refractivity contribution is 7.80. The van der Waals surface area contributed by atoms with Gasteiger partial charge < -0.3 is 20.1 Å². The summed E-state index contributed by atoms with van der Waals surface area (Å²) in [5.41, 5.74) is 1.71. The maximum absolute atomic E-state index is 5.97. The molecular formula is C15H17ClN4O2S. The molecule has 0 aliphatic carbocycles. The minimum absolute atomic E-state index is 0.262. The zero-order chi connectivity index (χ0) is 16.2. The Labute approximate surface area is 144 Å². The standard InChI is InChI=1S/C15H17ClN4O2S/c1-10-12(16)8-20(19-10)6-2-5-17-15(23)18-11-3-4-13-14(7-11)22-9-21-13/h3-4,7-8H,2,5-6,9H2,1H3,(H2,17,18,23). The van der Waals surface area contributed by atoms with Crippen molar-refractivity contribution in [2.75, 3.05) is 18.7 Å². The Morgan fingerprint density at radius 1 is 1.39 bits per heavy atom. The Kier molecular flexibility index (Phi) is 4.88. The second-order valence-electron chi connectivity index (χ2n) is 5.13. The highest BCUT2D eigenvalue weighted by atomic mass is 35.5. The molecule has 3 rings (SSSR count). The van der Waals surface area contributed by atoms with Gasteiger partial charge in [0.1, 0.15) is 0 Å². The van der Waals surface area contributed by atoms with Gasteiger partial charge in [-0.2, -0.15) is 5.10 Å². The summed E-state index contributed by atoms with van der Waals surface area (Å²) in [4.78, 5) is 0. The van der Waals surface area contributed by atoms with Crippen LogP contribution in [0.15, 0.2) is 24.4 Å². The fourth-order valence-corrected chi connectivity index (χ4v) is 2.57. The molecule has 0 bridgehead atoms. The summed E-state index contributed by atoms with van der Waals surface area (Å²) < 4.78 is 12.4. The third-order valence-electron chi connectivity index (χ3n) is 3.37. The normalized spacial score (nSPS) is 12.3. The fraction of sp³-hybridized carbons (Fsp3) is 0.333. The van der Waals surface area contributed by atoms with Gasteiger partial charge in [-0.05, 0) is 37.7 Å². The fourth-order valence-electron chi connectivity index (χ4n) is 2.20. The molecule has 8 heteroatoms. The zero-order valence-corrected chi connectivity index (χ0v) is 14.2. The third-order valence-corrected chi connectivity index (χ3v) is 3.98. The van der Waals surface area contributed by atoms with E-state index in [1.54, 1.807) is 0 Å². The molecular weight excluding hydrogens is 336 g/mol. The average molecular weight is 353 g/mol. The summed E-state index contributed by atoms with van der Waals surface area (Å²) in [6, 6.07) is 5.62. The van der Waals surface area contributed by atoms with Crippen LogP contribution >= 0.6 is 23.8 Å². The van der Waals surface area contributed by atoms with E-state index in [-0.39, 0.29) is 6.79 Å². The van der Waals surface area contributed by atoms with Crippen LogP contribution in [0, 0.1) is 6.92 Å². The van der Waals surface area contributed by atoms with Gasteiger partial charge in [0, 0.05) is 31.0 Å². The maximum Gasteiger partial charge on any atom is 0.231 e. The van der Waals surface area contributed by atoms with Crippen LogP contribution in [-0.2, 0) is 6.54 Å². The minimum atomic E-state index is 0.262. The van der Waals surface area contributed by atoms with Gasteiger partial charge in [0.15, 0.2) is 16.6 Å². The van der Waals surface area contributed by atoms with Crippen molar-refractivity contribution in [3.63, 3.8) is 0 Å². The first-order valence-electron chi connectivity index (χ1n) is 7.26. The molecule has 2 aromatic rings. The Bertz CT molecular complexity index is 700. The summed E-state index contributed by atoms with van der Waals surface area (Å²) in [6.45, 7) is 3.68. The highest BCUT2D eigenvalue weighted by Crippen LogP contribution is 2.34. The SMILES string of the molecule is Cc1nn(CCCNC(=S)Nc2ccc3c(c2)OCO3)cc1Cl. The first-order valence-corrected chi connectivity index (χ1v) is 8.04. The molecule has 23 heavy (non-hydrogen) atoms. The van der Waals surface area contributed by atoms with E-state index in [2.05, 4.69) is 15.7 Å². The number of aryl methyl sites for hydroxylation is 2. The van der Waals surface area contributed by atoms with Crippen molar-refractivity contribution >= 4 is 34.6 Å². The van der Waals surface area contributed by atoms with Crippen LogP contribution in [-0.4, -0.2) is 28.2 Å². The number of ether oxygens (including phenoxy) is 2. The van der Waals surface area contributed by atoms with E-state index < -0.39 is 0 Å². The van der Waals surface area contributed by atoms with Crippen molar-refractivity contribution in [3.8, 4) is 11.5 Å². The molecule has 0 saturated carbocycles. The van der Waals surface area contributed by atoms with Crippen molar-refractivity contribution in [1.29, 1.82) is 0 Å². The Balaban J connectivity index is 1.41. The first kappa shape index (κ1) is 15.9. The highest BCUT2D eigenvalue weighted by Gasteiger charge is 2.13. The second-order valence-corrected chi connectivity index (χ2v) is 5.94. The molecule has 0 fully saturated rings. The van der Waals surface area contributed by atoms with Gasteiger partial charge in [-0.1, -0.05) is 11.6 Å².